The minimum atomic E-state index is 0.392. The van der Waals surface area contributed by atoms with Crippen LogP contribution in [0, 0.1) is 6.92 Å². The highest BCUT2D eigenvalue weighted by molar-refractivity contribution is 9.10. The molecule has 0 radical (unpaired) electrons. The highest BCUT2D eigenvalue weighted by Gasteiger charge is 2.13. The number of benzene rings is 1. The van der Waals surface area contributed by atoms with Crippen LogP contribution >= 0.6 is 27.5 Å². The number of rotatable bonds is 2. The van der Waals surface area contributed by atoms with Crippen LogP contribution in [0.15, 0.2) is 22.7 Å². The molecular weight excluding hydrogens is 289 g/mol. The molecule has 0 aliphatic carbocycles. The molecule has 2 rings (SSSR count). The molecule has 0 atom stereocenters. The Bertz CT molecular complexity index is 522. The van der Waals surface area contributed by atoms with E-state index in [4.69, 9.17) is 11.6 Å². The smallest absolute Gasteiger partial charge is 0.229 e. The number of nitrogens with zero attached hydrogens (tertiary/aromatic N) is 3. The summed E-state index contributed by atoms with van der Waals surface area (Å²) in [4.78, 5) is 0. The first-order valence-electron chi connectivity index (χ1n) is 4.99. The van der Waals surface area contributed by atoms with Crippen LogP contribution in [0.25, 0.3) is 5.69 Å². The number of hydrogen-bond acceptors (Lipinski definition) is 2. The average Bonchev–Trinajstić information content (AvgIpc) is 2.63. The van der Waals surface area contributed by atoms with Gasteiger partial charge in [-0.15, -0.1) is 10.2 Å². The summed E-state index contributed by atoms with van der Waals surface area (Å²) < 4.78 is 2.84. The van der Waals surface area contributed by atoms with E-state index in [-0.39, 0.29) is 0 Å². The van der Waals surface area contributed by atoms with E-state index < -0.39 is 0 Å². The van der Waals surface area contributed by atoms with Crippen molar-refractivity contribution >= 4 is 27.5 Å². The van der Waals surface area contributed by atoms with E-state index in [9.17, 15) is 0 Å². The van der Waals surface area contributed by atoms with Crippen LogP contribution in [0.1, 0.15) is 18.3 Å². The summed E-state index contributed by atoms with van der Waals surface area (Å²) >= 11 is 9.57. The van der Waals surface area contributed by atoms with Gasteiger partial charge in [0.05, 0.1) is 5.69 Å². The highest BCUT2D eigenvalue weighted by atomic mass is 79.9. The summed E-state index contributed by atoms with van der Waals surface area (Å²) in [5.74, 6) is 0.858. The first-order valence-corrected chi connectivity index (χ1v) is 6.17. The predicted octanol–water partition coefficient (Wildman–Crippen LogP) is 3.55. The first kappa shape index (κ1) is 11.6. The van der Waals surface area contributed by atoms with Crippen LogP contribution in [0.4, 0.5) is 0 Å². The Morgan fingerprint density at radius 1 is 1.38 bits per heavy atom. The van der Waals surface area contributed by atoms with E-state index in [1.807, 2.05) is 30.5 Å². The molecule has 0 amide bonds. The largest absolute Gasteiger partial charge is 0.269 e. The van der Waals surface area contributed by atoms with Gasteiger partial charge in [0, 0.05) is 10.9 Å². The first-order chi connectivity index (χ1) is 7.63. The second-order valence-electron chi connectivity index (χ2n) is 3.53. The maximum atomic E-state index is 6.05. The fourth-order valence-electron chi connectivity index (χ4n) is 1.56. The molecule has 3 nitrogen and oxygen atoms in total. The highest BCUT2D eigenvalue weighted by Crippen LogP contribution is 2.26. The molecule has 84 valence electrons. The third kappa shape index (κ3) is 1.99. The lowest BCUT2D eigenvalue weighted by Crippen LogP contribution is -2.01. The Balaban J connectivity index is 2.66. The molecule has 2 aromatic rings. The van der Waals surface area contributed by atoms with E-state index in [1.54, 1.807) is 0 Å². The second-order valence-corrected chi connectivity index (χ2v) is 4.72. The fourth-order valence-corrected chi connectivity index (χ4v) is 2.21. The zero-order valence-electron chi connectivity index (χ0n) is 9.04. The number of halogens is 2. The summed E-state index contributed by atoms with van der Waals surface area (Å²) in [5, 5.41) is 8.33. The van der Waals surface area contributed by atoms with E-state index in [0.29, 0.717) is 5.28 Å². The molecule has 0 unspecified atom stereocenters. The van der Waals surface area contributed by atoms with Gasteiger partial charge in [-0.05, 0) is 52.2 Å². The Morgan fingerprint density at radius 2 is 2.12 bits per heavy atom. The second kappa shape index (κ2) is 4.55. The van der Waals surface area contributed by atoms with Gasteiger partial charge in [0.2, 0.25) is 5.28 Å². The van der Waals surface area contributed by atoms with E-state index >= 15 is 0 Å². The van der Waals surface area contributed by atoms with E-state index in [2.05, 4.69) is 32.2 Å². The Morgan fingerprint density at radius 3 is 2.81 bits per heavy atom. The van der Waals surface area contributed by atoms with Crippen LogP contribution in [-0.4, -0.2) is 14.8 Å². The van der Waals surface area contributed by atoms with Crippen molar-refractivity contribution in [2.75, 3.05) is 0 Å². The van der Waals surface area contributed by atoms with Crippen LogP contribution in [0.2, 0.25) is 5.28 Å². The summed E-state index contributed by atoms with van der Waals surface area (Å²) in [6.45, 7) is 4.07. The standard InChI is InChI=1S/C11H11BrClN3/c1-3-10-14-15-11(13)16(10)9-6-7(2)4-5-8(9)12/h4-6H,3H2,1-2H3. The average molecular weight is 301 g/mol. The topological polar surface area (TPSA) is 30.7 Å². The maximum absolute atomic E-state index is 6.05. The monoisotopic (exact) mass is 299 g/mol. The van der Waals surface area contributed by atoms with Gasteiger partial charge in [-0.1, -0.05) is 13.0 Å². The predicted molar refractivity (Wildman–Crippen MR) is 68.2 cm³/mol. The lowest BCUT2D eigenvalue weighted by molar-refractivity contribution is 0.880. The summed E-state index contributed by atoms with van der Waals surface area (Å²) in [5.41, 5.74) is 2.15. The van der Waals surface area contributed by atoms with Gasteiger partial charge in [0.1, 0.15) is 5.82 Å². The van der Waals surface area contributed by atoms with Gasteiger partial charge >= 0.3 is 0 Å². The quantitative estimate of drug-likeness (QED) is 0.849. The van der Waals surface area contributed by atoms with E-state index in [1.165, 1.54) is 5.56 Å². The number of hydrogen-bond donors (Lipinski definition) is 0. The van der Waals surface area contributed by atoms with Crippen molar-refractivity contribution in [1.82, 2.24) is 14.8 Å². The molecule has 0 bridgehead atoms. The van der Waals surface area contributed by atoms with Crippen molar-refractivity contribution < 1.29 is 0 Å². The van der Waals surface area contributed by atoms with Crippen molar-refractivity contribution in [2.24, 2.45) is 0 Å². The summed E-state index contributed by atoms with van der Waals surface area (Å²) in [7, 11) is 0. The van der Waals surface area contributed by atoms with Crippen molar-refractivity contribution in [1.29, 1.82) is 0 Å². The zero-order chi connectivity index (χ0) is 11.7. The molecule has 0 saturated heterocycles. The SMILES string of the molecule is CCc1nnc(Cl)n1-c1cc(C)ccc1Br. The summed E-state index contributed by atoms with van der Waals surface area (Å²) in [6.07, 6.45) is 0.792. The maximum Gasteiger partial charge on any atom is 0.229 e. The van der Waals surface area contributed by atoms with Gasteiger partial charge in [0.15, 0.2) is 0 Å². The molecule has 1 aromatic heterocycles. The molecule has 1 aromatic carbocycles. The van der Waals surface area contributed by atoms with Gasteiger partial charge in [-0.3, -0.25) is 4.57 Å². The molecule has 5 heteroatoms. The molecule has 0 N–H and O–H groups in total. The normalized spacial score (nSPS) is 10.8. The number of aromatic nitrogens is 3. The summed E-state index contributed by atoms with van der Waals surface area (Å²) in [6, 6.07) is 6.09. The van der Waals surface area contributed by atoms with Crippen LogP contribution in [0.5, 0.6) is 0 Å². The Hall–Kier alpha value is -0.870. The number of aryl methyl sites for hydroxylation is 2. The Kier molecular flexibility index (Phi) is 3.30. The molecule has 1 heterocycles. The van der Waals surface area contributed by atoms with Crippen LogP contribution < -0.4 is 0 Å². The van der Waals surface area contributed by atoms with Crippen LogP contribution in [0.3, 0.4) is 0 Å². The lowest BCUT2D eigenvalue weighted by atomic mass is 10.2. The van der Waals surface area contributed by atoms with Crippen molar-refractivity contribution in [2.45, 2.75) is 20.3 Å². The Labute approximate surface area is 108 Å². The zero-order valence-corrected chi connectivity index (χ0v) is 11.4. The minimum Gasteiger partial charge on any atom is -0.269 e. The van der Waals surface area contributed by atoms with Crippen LogP contribution in [-0.2, 0) is 6.42 Å². The fraction of sp³-hybridized carbons (Fsp3) is 0.273. The molecule has 0 fully saturated rings. The van der Waals surface area contributed by atoms with Gasteiger partial charge < -0.3 is 0 Å². The minimum absolute atomic E-state index is 0.392. The molecule has 0 aliphatic rings. The van der Waals surface area contributed by atoms with Gasteiger partial charge in [-0.25, -0.2) is 0 Å². The van der Waals surface area contributed by atoms with Crippen molar-refractivity contribution in [3.05, 3.63) is 39.3 Å². The third-order valence-electron chi connectivity index (χ3n) is 2.35. The molecule has 0 saturated carbocycles. The van der Waals surface area contributed by atoms with E-state index in [0.717, 1.165) is 22.4 Å². The van der Waals surface area contributed by atoms with Gasteiger partial charge in [-0.2, -0.15) is 0 Å². The van der Waals surface area contributed by atoms with Gasteiger partial charge in [0.25, 0.3) is 0 Å². The molecule has 0 aliphatic heterocycles. The van der Waals surface area contributed by atoms with Crippen molar-refractivity contribution in [3.8, 4) is 5.69 Å². The molecule has 16 heavy (non-hydrogen) atoms. The third-order valence-corrected chi connectivity index (χ3v) is 3.26. The van der Waals surface area contributed by atoms with Crippen molar-refractivity contribution in [3.63, 3.8) is 0 Å². The molecule has 0 spiro atoms. The lowest BCUT2D eigenvalue weighted by Gasteiger charge is -2.09. The molecular formula is C11H11BrClN3.